The molecule has 1 aliphatic rings. The minimum absolute atomic E-state index is 0.111. The van der Waals surface area contributed by atoms with E-state index in [-0.39, 0.29) is 5.92 Å². The fraction of sp³-hybridized carbons (Fsp3) is 0.667. The standard InChI is InChI=1S/C9H14O2/c1-6(2)7-3-4-8(5-7)9(10)11/h8H,3-5H2,1-2H3,(H,10,11)/t8-/m1/s1. The Morgan fingerprint density at radius 1 is 1.55 bits per heavy atom. The lowest BCUT2D eigenvalue weighted by Crippen LogP contribution is -2.08. The van der Waals surface area contributed by atoms with E-state index in [1.54, 1.807) is 0 Å². The Morgan fingerprint density at radius 2 is 2.18 bits per heavy atom. The van der Waals surface area contributed by atoms with Gasteiger partial charge in [0.25, 0.3) is 0 Å². The van der Waals surface area contributed by atoms with Crippen LogP contribution in [0.2, 0.25) is 0 Å². The third-order valence-electron chi connectivity index (χ3n) is 2.34. The van der Waals surface area contributed by atoms with Gasteiger partial charge in [-0.2, -0.15) is 0 Å². The lowest BCUT2D eigenvalue weighted by molar-refractivity contribution is -0.141. The van der Waals surface area contributed by atoms with Crippen molar-refractivity contribution in [3.63, 3.8) is 0 Å². The molecule has 1 fully saturated rings. The molecule has 0 saturated heterocycles. The summed E-state index contributed by atoms with van der Waals surface area (Å²) in [7, 11) is 0. The molecule has 1 atom stereocenters. The monoisotopic (exact) mass is 154 g/mol. The fourth-order valence-corrected chi connectivity index (χ4v) is 1.51. The Hall–Kier alpha value is -0.790. The molecule has 62 valence electrons. The first kappa shape index (κ1) is 8.31. The van der Waals surface area contributed by atoms with E-state index in [1.807, 2.05) is 0 Å². The highest BCUT2D eigenvalue weighted by atomic mass is 16.4. The maximum absolute atomic E-state index is 10.5. The van der Waals surface area contributed by atoms with Gasteiger partial charge in [0, 0.05) is 0 Å². The molecule has 0 heterocycles. The van der Waals surface area contributed by atoms with E-state index < -0.39 is 5.97 Å². The van der Waals surface area contributed by atoms with E-state index in [9.17, 15) is 4.79 Å². The van der Waals surface area contributed by atoms with Crippen molar-refractivity contribution in [1.29, 1.82) is 0 Å². The highest BCUT2D eigenvalue weighted by Crippen LogP contribution is 2.32. The van der Waals surface area contributed by atoms with Gasteiger partial charge in [0.1, 0.15) is 0 Å². The Kier molecular flexibility index (Phi) is 2.32. The van der Waals surface area contributed by atoms with E-state index in [0.29, 0.717) is 0 Å². The molecule has 0 radical (unpaired) electrons. The molecule has 2 nitrogen and oxygen atoms in total. The lowest BCUT2D eigenvalue weighted by atomic mass is 10.1. The van der Waals surface area contributed by atoms with Gasteiger partial charge >= 0.3 is 5.97 Å². The molecular weight excluding hydrogens is 140 g/mol. The maximum Gasteiger partial charge on any atom is 0.306 e. The van der Waals surface area contributed by atoms with Crippen LogP contribution in [0.4, 0.5) is 0 Å². The molecule has 11 heavy (non-hydrogen) atoms. The van der Waals surface area contributed by atoms with Crippen molar-refractivity contribution in [3.8, 4) is 0 Å². The third kappa shape index (κ3) is 1.82. The van der Waals surface area contributed by atoms with E-state index >= 15 is 0 Å². The van der Waals surface area contributed by atoms with Crippen molar-refractivity contribution in [2.24, 2.45) is 5.92 Å². The Bertz CT molecular complexity index is 200. The van der Waals surface area contributed by atoms with Gasteiger partial charge in [0.05, 0.1) is 5.92 Å². The molecule has 2 heteroatoms. The summed E-state index contributed by atoms with van der Waals surface area (Å²) in [6.07, 6.45) is 2.59. The molecule has 0 bridgehead atoms. The first-order valence-electron chi connectivity index (χ1n) is 3.99. The molecule has 0 aromatic rings. The van der Waals surface area contributed by atoms with Crippen molar-refractivity contribution in [3.05, 3.63) is 11.1 Å². The molecule has 0 aliphatic heterocycles. The Morgan fingerprint density at radius 3 is 2.45 bits per heavy atom. The van der Waals surface area contributed by atoms with Gasteiger partial charge in [-0.05, 0) is 33.1 Å². The number of carboxylic acid groups (broad SMARTS) is 1. The maximum atomic E-state index is 10.5. The summed E-state index contributed by atoms with van der Waals surface area (Å²) >= 11 is 0. The van der Waals surface area contributed by atoms with Gasteiger partial charge in [-0.15, -0.1) is 0 Å². The van der Waals surface area contributed by atoms with Crippen LogP contribution in [0.25, 0.3) is 0 Å². The van der Waals surface area contributed by atoms with Gasteiger partial charge < -0.3 is 5.11 Å². The SMILES string of the molecule is CC(C)=C1CC[C@@H](C(=O)O)C1. The average Bonchev–Trinajstić information content (AvgIpc) is 2.33. The zero-order chi connectivity index (χ0) is 8.43. The number of aliphatic carboxylic acids is 1. The largest absolute Gasteiger partial charge is 0.481 e. The molecule has 1 rings (SSSR count). The quantitative estimate of drug-likeness (QED) is 0.588. The van der Waals surface area contributed by atoms with Gasteiger partial charge in [-0.25, -0.2) is 0 Å². The van der Waals surface area contributed by atoms with Crippen LogP contribution in [0.15, 0.2) is 11.1 Å². The van der Waals surface area contributed by atoms with Crippen LogP contribution in [-0.4, -0.2) is 11.1 Å². The predicted octanol–water partition coefficient (Wildman–Crippen LogP) is 2.21. The molecule has 0 spiro atoms. The highest BCUT2D eigenvalue weighted by Gasteiger charge is 2.25. The zero-order valence-corrected chi connectivity index (χ0v) is 7.05. The Balaban J connectivity index is 2.61. The second-order valence-corrected chi connectivity index (χ2v) is 3.38. The second-order valence-electron chi connectivity index (χ2n) is 3.38. The summed E-state index contributed by atoms with van der Waals surface area (Å²) in [6, 6.07) is 0. The summed E-state index contributed by atoms with van der Waals surface area (Å²) in [4.78, 5) is 10.5. The minimum Gasteiger partial charge on any atom is -0.481 e. The normalized spacial score (nSPS) is 23.8. The van der Waals surface area contributed by atoms with Crippen LogP contribution in [-0.2, 0) is 4.79 Å². The topological polar surface area (TPSA) is 37.3 Å². The van der Waals surface area contributed by atoms with Crippen molar-refractivity contribution >= 4 is 5.97 Å². The van der Waals surface area contributed by atoms with E-state index in [4.69, 9.17) is 5.11 Å². The molecule has 0 unspecified atom stereocenters. The van der Waals surface area contributed by atoms with Crippen LogP contribution >= 0.6 is 0 Å². The number of hydrogen-bond donors (Lipinski definition) is 1. The molecule has 0 amide bonds. The predicted molar refractivity (Wildman–Crippen MR) is 43.4 cm³/mol. The number of carbonyl (C=O) groups is 1. The summed E-state index contributed by atoms with van der Waals surface area (Å²) in [5, 5.41) is 8.69. The van der Waals surface area contributed by atoms with Crippen LogP contribution in [0, 0.1) is 5.92 Å². The summed E-state index contributed by atoms with van der Waals surface area (Å²) in [5.74, 6) is -0.749. The van der Waals surface area contributed by atoms with Crippen molar-refractivity contribution in [1.82, 2.24) is 0 Å². The molecule has 1 aliphatic carbocycles. The zero-order valence-electron chi connectivity index (χ0n) is 7.05. The summed E-state index contributed by atoms with van der Waals surface area (Å²) in [5.41, 5.74) is 2.64. The average molecular weight is 154 g/mol. The van der Waals surface area contributed by atoms with Crippen molar-refractivity contribution in [2.45, 2.75) is 33.1 Å². The van der Waals surface area contributed by atoms with Gasteiger partial charge in [0.15, 0.2) is 0 Å². The van der Waals surface area contributed by atoms with Crippen molar-refractivity contribution < 1.29 is 9.90 Å². The lowest BCUT2D eigenvalue weighted by Gasteiger charge is -2.00. The number of rotatable bonds is 1. The van der Waals surface area contributed by atoms with E-state index in [2.05, 4.69) is 13.8 Å². The highest BCUT2D eigenvalue weighted by molar-refractivity contribution is 5.71. The summed E-state index contributed by atoms with van der Waals surface area (Å²) in [6.45, 7) is 4.11. The van der Waals surface area contributed by atoms with E-state index in [0.717, 1.165) is 19.3 Å². The molecule has 0 aromatic heterocycles. The van der Waals surface area contributed by atoms with Gasteiger partial charge in [-0.3, -0.25) is 4.79 Å². The Labute approximate surface area is 66.9 Å². The van der Waals surface area contributed by atoms with Crippen LogP contribution in [0.1, 0.15) is 33.1 Å². The first-order valence-corrected chi connectivity index (χ1v) is 3.99. The smallest absolute Gasteiger partial charge is 0.306 e. The first-order chi connectivity index (χ1) is 5.11. The fourth-order valence-electron chi connectivity index (χ4n) is 1.51. The number of allylic oxidation sites excluding steroid dienone is 2. The van der Waals surface area contributed by atoms with Gasteiger partial charge in [-0.1, -0.05) is 11.1 Å². The number of hydrogen-bond acceptors (Lipinski definition) is 1. The second kappa shape index (κ2) is 3.07. The molecule has 0 aromatic carbocycles. The molecular formula is C9H14O2. The number of carboxylic acids is 1. The third-order valence-corrected chi connectivity index (χ3v) is 2.34. The van der Waals surface area contributed by atoms with E-state index in [1.165, 1.54) is 11.1 Å². The van der Waals surface area contributed by atoms with Gasteiger partial charge in [0.2, 0.25) is 0 Å². The van der Waals surface area contributed by atoms with Crippen LogP contribution in [0.3, 0.4) is 0 Å². The molecule has 1 N–H and O–H groups in total. The molecule has 1 saturated carbocycles. The van der Waals surface area contributed by atoms with Crippen LogP contribution < -0.4 is 0 Å². The van der Waals surface area contributed by atoms with Crippen LogP contribution in [0.5, 0.6) is 0 Å². The van der Waals surface area contributed by atoms with Crippen molar-refractivity contribution in [2.75, 3.05) is 0 Å². The summed E-state index contributed by atoms with van der Waals surface area (Å²) < 4.78 is 0. The minimum atomic E-state index is -0.638.